The van der Waals surface area contributed by atoms with Gasteiger partial charge < -0.3 is 15.0 Å². The molecule has 0 aliphatic rings. The van der Waals surface area contributed by atoms with Gasteiger partial charge in [0.25, 0.3) is 0 Å². The standard InChI is InChI=1S/C16H23N3O2S/c1-7-21-14(20)12-9(2)13(17-10(12)3)11-8-22-15(18-11)19-16(4,5)6/h8,17H,7H2,1-6H3,(H,18,19). The van der Waals surface area contributed by atoms with Crippen molar-refractivity contribution in [3.63, 3.8) is 0 Å². The van der Waals surface area contributed by atoms with Crippen LogP contribution in [0.5, 0.6) is 0 Å². The van der Waals surface area contributed by atoms with Crippen molar-refractivity contribution >= 4 is 22.4 Å². The van der Waals surface area contributed by atoms with Crippen molar-refractivity contribution in [1.29, 1.82) is 0 Å². The maximum atomic E-state index is 12.1. The highest BCUT2D eigenvalue weighted by atomic mass is 32.1. The van der Waals surface area contributed by atoms with Crippen molar-refractivity contribution in [2.45, 2.75) is 47.1 Å². The van der Waals surface area contributed by atoms with Crippen LogP contribution in [-0.2, 0) is 4.74 Å². The summed E-state index contributed by atoms with van der Waals surface area (Å²) in [6, 6.07) is 0. The number of ether oxygens (including phenoxy) is 1. The Morgan fingerprint density at radius 3 is 2.68 bits per heavy atom. The second-order valence-corrected chi connectivity index (χ2v) is 7.12. The molecule has 2 rings (SSSR count). The summed E-state index contributed by atoms with van der Waals surface area (Å²) in [7, 11) is 0. The number of thiazole rings is 1. The number of anilines is 1. The summed E-state index contributed by atoms with van der Waals surface area (Å²) in [5.74, 6) is -0.289. The van der Waals surface area contributed by atoms with Gasteiger partial charge in [-0.2, -0.15) is 0 Å². The number of aromatic nitrogens is 2. The molecule has 0 aromatic carbocycles. The third-order valence-corrected chi connectivity index (χ3v) is 3.92. The zero-order chi connectivity index (χ0) is 16.5. The fraction of sp³-hybridized carbons (Fsp3) is 0.500. The number of nitrogens with one attached hydrogen (secondary N) is 2. The number of hydrogen-bond acceptors (Lipinski definition) is 5. The molecule has 0 radical (unpaired) electrons. The average Bonchev–Trinajstić information content (AvgIpc) is 2.92. The molecular weight excluding hydrogens is 298 g/mol. The van der Waals surface area contributed by atoms with Gasteiger partial charge in [0.1, 0.15) is 5.69 Å². The molecule has 0 atom stereocenters. The van der Waals surface area contributed by atoms with E-state index in [9.17, 15) is 4.79 Å². The number of aromatic amines is 1. The minimum atomic E-state index is -0.289. The molecule has 0 amide bonds. The van der Waals surface area contributed by atoms with Gasteiger partial charge in [0.2, 0.25) is 0 Å². The molecule has 0 saturated carbocycles. The van der Waals surface area contributed by atoms with Gasteiger partial charge in [0, 0.05) is 16.6 Å². The third kappa shape index (κ3) is 3.50. The highest BCUT2D eigenvalue weighted by molar-refractivity contribution is 7.14. The molecule has 2 N–H and O–H groups in total. The molecule has 0 aliphatic heterocycles. The van der Waals surface area contributed by atoms with E-state index in [1.165, 1.54) is 0 Å². The lowest BCUT2D eigenvalue weighted by Crippen LogP contribution is -2.25. The Balaban J connectivity index is 2.34. The van der Waals surface area contributed by atoms with E-state index < -0.39 is 0 Å². The molecule has 5 nitrogen and oxygen atoms in total. The first-order chi connectivity index (χ1) is 10.2. The first kappa shape index (κ1) is 16.5. The predicted octanol–water partition coefficient (Wildman–Crippen LogP) is 4.14. The summed E-state index contributed by atoms with van der Waals surface area (Å²) >= 11 is 1.56. The quantitative estimate of drug-likeness (QED) is 0.830. The van der Waals surface area contributed by atoms with Gasteiger partial charge in [0.05, 0.1) is 17.9 Å². The Labute approximate surface area is 135 Å². The van der Waals surface area contributed by atoms with E-state index >= 15 is 0 Å². The zero-order valence-corrected chi connectivity index (χ0v) is 14.8. The lowest BCUT2D eigenvalue weighted by Gasteiger charge is -2.19. The van der Waals surface area contributed by atoms with Gasteiger partial charge in [-0.25, -0.2) is 9.78 Å². The molecule has 0 spiro atoms. The number of rotatable bonds is 4. The van der Waals surface area contributed by atoms with Crippen LogP contribution < -0.4 is 5.32 Å². The lowest BCUT2D eigenvalue weighted by atomic mass is 10.1. The minimum absolute atomic E-state index is 0.0358. The summed E-state index contributed by atoms with van der Waals surface area (Å²) in [6.07, 6.45) is 0. The van der Waals surface area contributed by atoms with Crippen molar-refractivity contribution in [3.05, 3.63) is 22.2 Å². The Morgan fingerprint density at radius 1 is 1.41 bits per heavy atom. The van der Waals surface area contributed by atoms with E-state index in [0.717, 1.165) is 27.8 Å². The maximum Gasteiger partial charge on any atom is 0.340 e. The van der Waals surface area contributed by atoms with Crippen molar-refractivity contribution in [2.24, 2.45) is 0 Å². The van der Waals surface area contributed by atoms with Crippen LogP contribution in [0, 0.1) is 13.8 Å². The van der Waals surface area contributed by atoms with E-state index in [1.807, 2.05) is 19.2 Å². The van der Waals surface area contributed by atoms with Crippen LogP contribution in [0.3, 0.4) is 0 Å². The number of carbonyl (C=O) groups excluding carboxylic acids is 1. The molecule has 2 heterocycles. The summed E-state index contributed by atoms with van der Waals surface area (Å²) in [6.45, 7) is 12.3. The van der Waals surface area contributed by atoms with Gasteiger partial charge in [-0.3, -0.25) is 0 Å². The second kappa shape index (κ2) is 6.12. The molecule has 6 heteroatoms. The number of esters is 1. The van der Waals surface area contributed by atoms with Crippen LogP contribution in [0.15, 0.2) is 5.38 Å². The van der Waals surface area contributed by atoms with Crippen molar-refractivity contribution in [1.82, 2.24) is 9.97 Å². The lowest BCUT2D eigenvalue weighted by molar-refractivity contribution is 0.0525. The van der Waals surface area contributed by atoms with E-state index in [-0.39, 0.29) is 11.5 Å². The molecule has 0 unspecified atom stereocenters. The summed E-state index contributed by atoms with van der Waals surface area (Å²) in [5, 5.41) is 6.21. The summed E-state index contributed by atoms with van der Waals surface area (Å²) in [5.41, 5.74) is 3.97. The Kier molecular flexibility index (Phi) is 4.60. The number of nitrogens with zero attached hydrogens (tertiary/aromatic N) is 1. The number of H-pyrrole nitrogens is 1. The molecule has 22 heavy (non-hydrogen) atoms. The van der Waals surface area contributed by atoms with Crippen LogP contribution >= 0.6 is 11.3 Å². The van der Waals surface area contributed by atoms with Crippen molar-refractivity contribution < 1.29 is 9.53 Å². The van der Waals surface area contributed by atoms with Crippen LogP contribution in [0.2, 0.25) is 0 Å². The Morgan fingerprint density at radius 2 is 2.09 bits per heavy atom. The number of aryl methyl sites for hydroxylation is 1. The van der Waals surface area contributed by atoms with Gasteiger partial charge in [0.15, 0.2) is 5.13 Å². The number of hydrogen-bond donors (Lipinski definition) is 2. The highest BCUT2D eigenvalue weighted by Gasteiger charge is 2.21. The van der Waals surface area contributed by atoms with Gasteiger partial charge in [-0.15, -0.1) is 11.3 Å². The second-order valence-electron chi connectivity index (χ2n) is 6.26. The van der Waals surface area contributed by atoms with E-state index in [0.29, 0.717) is 12.2 Å². The van der Waals surface area contributed by atoms with E-state index in [2.05, 4.69) is 36.1 Å². The van der Waals surface area contributed by atoms with Crippen LogP contribution in [-0.4, -0.2) is 28.1 Å². The topological polar surface area (TPSA) is 67.0 Å². The highest BCUT2D eigenvalue weighted by Crippen LogP contribution is 2.31. The van der Waals surface area contributed by atoms with Crippen molar-refractivity contribution in [3.8, 4) is 11.4 Å². The van der Waals surface area contributed by atoms with Gasteiger partial charge in [-0.05, 0) is 47.1 Å². The van der Waals surface area contributed by atoms with E-state index in [4.69, 9.17) is 4.74 Å². The zero-order valence-electron chi connectivity index (χ0n) is 14.0. The summed E-state index contributed by atoms with van der Waals surface area (Å²) in [4.78, 5) is 19.9. The first-order valence-corrected chi connectivity index (χ1v) is 8.21. The predicted molar refractivity (Wildman–Crippen MR) is 90.7 cm³/mol. The molecular formula is C16H23N3O2S. The average molecular weight is 321 g/mol. The monoisotopic (exact) mass is 321 g/mol. The van der Waals surface area contributed by atoms with Crippen molar-refractivity contribution in [2.75, 3.05) is 11.9 Å². The molecule has 0 saturated heterocycles. The SMILES string of the molecule is CCOC(=O)c1c(C)[nH]c(-c2csc(NC(C)(C)C)n2)c1C. The smallest absolute Gasteiger partial charge is 0.340 e. The molecule has 0 bridgehead atoms. The molecule has 120 valence electrons. The minimum Gasteiger partial charge on any atom is -0.462 e. The fourth-order valence-electron chi connectivity index (χ4n) is 2.28. The van der Waals surface area contributed by atoms with Crippen LogP contribution in [0.1, 0.15) is 49.3 Å². The molecule has 0 aliphatic carbocycles. The molecule has 2 aromatic heterocycles. The third-order valence-electron chi connectivity index (χ3n) is 3.16. The molecule has 0 fully saturated rings. The maximum absolute atomic E-state index is 12.1. The Bertz CT molecular complexity index is 680. The van der Waals surface area contributed by atoms with Crippen LogP contribution in [0.4, 0.5) is 5.13 Å². The molecule has 2 aromatic rings. The normalized spacial score (nSPS) is 11.5. The van der Waals surface area contributed by atoms with Gasteiger partial charge >= 0.3 is 5.97 Å². The number of carbonyl (C=O) groups is 1. The Hall–Kier alpha value is -1.82. The van der Waals surface area contributed by atoms with Gasteiger partial charge in [-0.1, -0.05) is 0 Å². The van der Waals surface area contributed by atoms with Crippen LogP contribution in [0.25, 0.3) is 11.4 Å². The summed E-state index contributed by atoms with van der Waals surface area (Å²) < 4.78 is 5.12. The first-order valence-electron chi connectivity index (χ1n) is 7.33. The fourth-order valence-corrected chi connectivity index (χ4v) is 3.19. The largest absolute Gasteiger partial charge is 0.462 e. The van der Waals surface area contributed by atoms with E-state index in [1.54, 1.807) is 18.3 Å².